The van der Waals surface area contributed by atoms with Gasteiger partial charge in [-0.25, -0.2) is 18.1 Å². The van der Waals surface area contributed by atoms with Gasteiger partial charge in [-0.3, -0.25) is 4.79 Å². The van der Waals surface area contributed by atoms with Crippen molar-refractivity contribution >= 4 is 15.9 Å². The summed E-state index contributed by atoms with van der Waals surface area (Å²) in [6, 6.07) is 0. The molecule has 10 nitrogen and oxygen atoms in total. The van der Waals surface area contributed by atoms with Gasteiger partial charge < -0.3 is 26.3 Å². The van der Waals surface area contributed by atoms with E-state index in [4.69, 9.17) is 5.73 Å². The number of aromatic nitrogens is 2. The first kappa shape index (κ1) is 27.5. The van der Waals surface area contributed by atoms with Crippen molar-refractivity contribution < 1.29 is 13.2 Å². The smallest absolute Gasteiger partial charge is 0.257 e. The molecular weight excluding hydrogens is 418 g/mol. The fourth-order valence-corrected chi connectivity index (χ4v) is 4.17. The van der Waals surface area contributed by atoms with E-state index >= 15 is 0 Å². The number of unbranched alkanes of at least 4 members (excludes halogenated alkanes) is 3. The van der Waals surface area contributed by atoms with E-state index in [9.17, 15) is 13.2 Å². The summed E-state index contributed by atoms with van der Waals surface area (Å²) in [7, 11) is -1.88. The third-order valence-corrected chi connectivity index (χ3v) is 6.32. The van der Waals surface area contributed by atoms with Gasteiger partial charge in [-0.05, 0) is 71.2 Å². The van der Waals surface area contributed by atoms with Crippen LogP contribution in [-0.4, -0.2) is 69.7 Å². The highest BCUT2D eigenvalue weighted by Gasteiger charge is 2.16. The number of imidazole rings is 1. The summed E-state index contributed by atoms with van der Waals surface area (Å²) in [5.74, 6) is 0.0546. The van der Waals surface area contributed by atoms with Crippen LogP contribution in [0, 0.1) is 0 Å². The minimum atomic E-state index is -3.52. The molecule has 0 saturated heterocycles. The van der Waals surface area contributed by atoms with Crippen LogP contribution in [0.25, 0.3) is 0 Å². The topological polar surface area (TPSA) is 143 Å². The molecule has 1 amide bonds. The maximum absolute atomic E-state index is 12.1. The number of carbonyl (C=O) groups excluding carboxylic acids is 1. The normalized spacial score (nSPS) is 11.7. The van der Waals surface area contributed by atoms with E-state index in [0.29, 0.717) is 25.9 Å². The highest BCUT2D eigenvalue weighted by Crippen LogP contribution is 2.06. The highest BCUT2D eigenvalue weighted by molar-refractivity contribution is 7.89. The summed E-state index contributed by atoms with van der Waals surface area (Å²) in [5, 5.41) is 9.84. The van der Waals surface area contributed by atoms with Gasteiger partial charge in [0.05, 0.1) is 12.5 Å². The zero-order valence-electron chi connectivity index (χ0n) is 18.9. The summed E-state index contributed by atoms with van der Waals surface area (Å²) in [6.45, 7) is 5.70. The molecular formula is C20H41N7O3S. The molecule has 1 heterocycles. The number of hydrogen-bond donors (Lipinski definition) is 5. The number of hydrogen-bond acceptors (Lipinski definition) is 7. The fraction of sp³-hybridized carbons (Fsp3) is 0.800. The van der Waals surface area contributed by atoms with Crippen molar-refractivity contribution in [3.8, 4) is 0 Å². The summed E-state index contributed by atoms with van der Waals surface area (Å²) in [6.07, 6.45) is 9.71. The van der Waals surface area contributed by atoms with Crippen LogP contribution in [-0.2, 0) is 21.9 Å². The Hall–Kier alpha value is -1.53. The molecule has 0 aliphatic rings. The lowest BCUT2D eigenvalue weighted by atomic mass is 10.2. The Kier molecular flexibility index (Phi) is 15.2. The Labute approximate surface area is 187 Å². The molecule has 0 aliphatic carbocycles. The summed E-state index contributed by atoms with van der Waals surface area (Å²) in [4.78, 5) is 15.7. The van der Waals surface area contributed by atoms with E-state index in [1.807, 2.05) is 0 Å². The van der Waals surface area contributed by atoms with Gasteiger partial charge in [0.1, 0.15) is 0 Å². The van der Waals surface area contributed by atoms with Gasteiger partial charge >= 0.3 is 0 Å². The van der Waals surface area contributed by atoms with Gasteiger partial charge in [-0.2, -0.15) is 0 Å². The molecule has 1 rings (SSSR count). The third kappa shape index (κ3) is 13.5. The van der Waals surface area contributed by atoms with E-state index in [0.717, 1.165) is 71.2 Å². The summed E-state index contributed by atoms with van der Waals surface area (Å²) in [5.41, 5.74) is 5.44. The van der Waals surface area contributed by atoms with E-state index in [1.54, 1.807) is 7.05 Å². The lowest BCUT2D eigenvalue weighted by Crippen LogP contribution is -2.28. The molecule has 0 saturated carbocycles. The standard InChI is InChI=1S/C20H41N7O3S/c1-27-18-24-17-20(27)31(29,30)26-16-4-2-3-9-19(28)25-15-8-14-23-12-6-5-11-22-13-7-10-21/h17-18,22-23,26H,2-16,21H2,1H3,(H,25,28). The molecule has 180 valence electrons. The van der Waals surface area contributed by atoms with E-state index < -0.39 is 10.0 Å². The van der Waals surface area contributed by atoms with E-state index in [2.05, 4.69) is 25.7 Å². The highest BCUT2D eigenvalue weighted by atomic mass is 32.2. The third-order valence-electron chi connectivity index (χ3n) is 4.79. The molecule has 11 heteroatoms. The minimum Gasteiger partial charge on any atom is -0.356 e. The quantitative estimate of drug-likeness (QED) is 0.174. The van der Waals surface area contributed by atoms with Gasteiger partial charge in [0, 0.05) is 26.6 Å². The molecule has 0 atom stereocenters. The maximum Gasteiger partial charge on any atom is 0.257 e. The first-order valence-electron chi connectivity index (χ1n) is 11.3. The fourth-order valence-electron chi connectivity index (χ4n) is 2.98. The van der Waals surface area contributed by atoms with Crippen molar-refractivity contribution in [3.05, 3.63) is 12.5 Å². The second-order valence-electron chi connectivity index (χ2n) is 7.60. The van der Waals surface area contributed by atoms with Crippen LogP contribution in [0.3, 0.4) is 0 Å². The van der Waals surface area contributed by atoms with Crippen molar-refractivity contribution in [2.75, 3.05) is 45.8 Å². The molecule has 1 aromatic heterocycles. The van der Waals surface area contributed by atoms with Crippen molar-refractivity contribution in [1.82, 2.24) is 30.2 Å². The Morgan fingerprint density at radius 1 is 0.935 bits per heavy atom. The molecule has 31 heavy (non-hydrogen) atoms. The maximum atomic E-state index is 12.1. The van der Waals surface area contributed by atoms with Crippen molar-refractivity contribution in [2.24, 2.45) is 12.8 Å². The van der Waals surface area contributed by atoms with Crippen LogP contribution in [0.1, 0.15) is 51.4 Å². The predicted molar refractivity (Wildman–Crippen MR) is 123 cm³/mol. The zero-order chi connectivity index (χ0) is 22.8. The Morgan fingerprint density at radius 3 is 2.23 bits per heavy atom. The number of sulfonamides is 1. The molecule has 0 bridgehead atoms. The number of nitrogens with zero attached hydrogens (tertiary/aromatic N) is 2. The molecule has 0 spiro atoms. The Morgan fingerprint density at radius 2 is 1.58 bits per heavy atom. The van der Waals surface area contributed by atoms with Gasteiger partial charge in [0.2, 0.25) is 5.91 Å². The average Bonchev–Trinajstić information content (AvgIpc) is 3.18. The minimum absolute atomic E-state index is 0.0546. The summed E-state index contributed by atoms with van der Waals surface area (Å²) >= 11 is 0. The van der Waals surface area contributed by atoms with Gasteiger partial charge in [0.15, 0.2) is 5.03 Å². The Bertz CT molecular complexity index is 695. The molecule has 1 aromatic rings. The number of nitrogens with two attached hydrogens (primary N) is 1. The van der Waals surface area contributed by atoms with Gasteiger partial charge in [-0.15, -0.1) is 0 Å². The van der Waals surface area contributed by atoms with Crippen LogP contribution in [0.5, 0.6) is 0 Å². The largest absolute Gasteiger partial charge is 0.356 e. The van der Waals surface area contributed by atoms with E-state index in [-0.39, 0.29) is 10.9 Å². The van der Waals surface area contributed by atoms with Crippen LogP contribution < -0.4 is 26.4 Å². The monoisotopic (exact) mass is 459 g/mol. The second kappa shape index (κ2) is 17.1. The van der Waals surface area contributed by atoms with Gasteiger partial charge in [-0.1, -0.05) is 6.42 Å². The molecule has 0 fully saturated rings. The first-order chi connectivity index (χ1) is 15.0. The lowest BCUT2D eigenvalue weighted by molar-refractivity contribution is -0.121. The van der Waals surface area contributed by atoms with Crippen molar-refractivity contribution in [3.63, 3.8) is 0 Å². The van der Waals surface area contributed by atoms with E-state index in [1.165, 1.54) is 17.1 Å². The number of amides is 1. The van der Waals surface area contributed by atoms with Crippen molar-refractivity contribution in [2.45, 2.75) is 56.4 Å². The summed E-state index contributed by atoms with van der Waals surface area (Å²) < 4.78 is 28.2. The number of carbonyl (C=O) groups is 1. The molecule has 0 aromatic carbocycles. The number of aryl methyl sites for hydroxylation is 1. The van der Waals surface area contributed by atoms with Crippen LogP contribution >= 0.6 is 0 Å². The predicted octanol–water partition coefficient (Wildman–Crippen LogP) is 0.0733. The SMILES string of the molecule is Cn1cncc1S(=O)(=O)NCCCCCC(=O)NCCCNCCCCNCCCN. The average molecular weight is 460 g/mol. The molecule has 0 radical (unpaired) electrons. The second-order valence-corrected chi connectivity index (χ2v) is 9.32. The van der Waals surface area contributed by atoms with Crippen molar-refractivity contribution in [1.29, 1.82) is 0 Å². The molecule has 6 N–H and O–H groups in total. The van der Waals surface area contributed by atoms with Crippen LogP contribution in [0.4, 0.5) is 0 Å². The molecule has 0 aliphatic heterocycles. The number of nitrogens with one attached hydrogen (secondary N) is 4. The van der Waals surface area contributed by atoms with Gasteiger partial charge in [0.25, 0.3) is 10.0 Å². The lowest BCUT2D eigenvalue weighted by Gasteiger charge is -2.08. The first-order valence-corrected chi connectivity index (χ1v) is 12.8. The van der Waals surface area contributed by atoms with Crippen LogP contribution in [0.2, 0.25) is 0 Å². The molecule has 0 unspecified atom stereocenters. The zero-order valence-corrected chi connectivity index (χ0v) is 19.7. The van der Waals surface area contributed by atoms with Crippen LogP contribution in [0.15, 0.2) is 17.6 Å². The Balaban J connectivity index is 1.88. The number of rotatable bonds is 20.